The van der Waals surface area contributed by atoms with Gasteiger partial charge in [0.2, 0.25) is 7.59 Å². The number of nitrogens with zero attached hydrogens (tertiary/aromatic N) is 2. The van der Waals surface area contributed by atoms with E-state index in [1.54, 1.807) is 0 Å². The summed E-state index contributed by atoms with van der Waals surface area (Å²) >= 11 is 32.9. The van der Waals surface area contributed by atoms with Crippen molar-refractivity contribution >= 4 is 81.3 Å². The molecule has 0 rings (SSSR count). The van der Waals surface area contributed by atoms with Gasteiger partial charge in [-0.3, -0.25) is 9.98 Å². The molecule has 0 aliphatic rings. The minimum absolute atomic E-state index is 0.0826. The van der Waals surface area contributed by atoms with Crippen molar-refractivity contribution in [1.82, 2.24) is 0 Å². The molecule has 0 atom stereocenters. The molecule has 0 fully saturated rings. The fourth-order valence-electron chi connectivity index (χ4n) is 0.649. The number of aliphatic imine (C=N–C) groups is 2. The highest BCUT2D eigenvalue weighted by molar-refractivity contribution is 6.77. The van der Waals surface area contributed by atoms with E-state index in [1.165, 1.54) is 0 Å². The molecule has 0 unspecified atom stereocenters. The number of nitrogens with two attached hydrogens (primary N) is 2. The molecule has 0 aliphatic heterocycles. The first-order valence-electron chi connectivity index (χ1n) is 4.29. The highest BCUT2D eigenvalue weighted by atomic mass is 35.6. The molecule has 4 N–H and O–H groups in total. The lowest BCUT2D eigenvalue weighted by Gasteiger charge is -2.10. The Balaban J connectivity index is 4.04. The van der Waals surface area contributed by atoms with E-state index in [9.17, 15) is 0 Å². The quantitative estimate of drug-likeness (QED) is 0.349. The summed E-state index contributed by atoms with van der Waals surface area (Å²) in [5.41, 5.74) is 10.8. The third-order valence-electron chi connectivity index (χ3n) is 1.46. The van der Waals surface area contributed by atoms with Crippen LogP contribution in [-0.4, -0.2) is 32.3 Å². The zero-order valence-corrected chi connectivity index (χ0v) is 13.0. The van der Waals surface area contributed by atoms with Crippen molar-refractivity contribution in [3.8, 4) is 0 Å². The summed E-state index contributed by atoms with van der Waals surface area (Å²) in [5, 5.41) is 0. The molecule has 0 saturated carbocycles. The van der Waals surface area contributed by atoms with Gasteiger partial charge in [0.1, 0.15) is 11.7 Å². The summed E-state index contributed by atoms with van der Waals surface area (Å²) < 4.78 is -3.39. The van der Waals surface area contributed by atoms with E-state index in [0.29, 0.717) is 19.5 Å². The average molecular weight is 363 g/mol. The molecule has 0 aromatic carbocycles. The molecule has 100 valence electrons. The molecule has 4 nitrogen and oxygen atoms in total. The summed E-state index contributed by atoms with van der Waals surface area (Å²) in [4.78, 5) is 7.69. The van der Waals surface area contributed by atoms with Gasteiger partial charge in [-0.1, -0.05) is 69.6 Å². The second kappa shape index (κ2) is 7.31. The van der Waals surface area contributed by atoms with Crippen LogP contribution in [0.25, 0.3) is 0 Å². The second-order valence-corrected chi connectivity index (χ2v) is 7.45. The molecule has 10 heteroatoms. The highest BCUT2D eigenvalue weighted by Gasteiger charge is 2.25. The van der Waals surface area contributed by atoms with Crippen LogP contribution in [0, 0.1) is 0 Å². The predicted octanol–water partition coefficient (Wildman–Crippen LogP) is 2.83. The van der Waals surface area contributed by atoms with E-state index in [1.807, 2.05) is 0 Å². The standard InChI is InChI=1S/C7H10Cl6N4/c8-6(9,10)4(14)16-2-1-3-17-5(15)7(11,12)13/h1-3H2,(H2,14,16)(H2,15,17). The zero-order chi connectivity index (χ0) is 13.7. The molecule has 17 heavy (non-hydrogen) atoms. The van der Waals surface area contributed by atoms with Crippen molar-refractivity contribution in [3.05, 3.63) is 0 Å². The number of amidine groups is 2. The minimum Gasteiger partial charge on any atom is -0.384 e. The maximum Gasteiger partial charge on any atom is 0.247 e. The van der Waals surface area contributed by atoms with Crippen LogP contribution < -0.4 is 11.5 Å². The highest BCUT2D eigenvalue weighted by Crippen LogP contribution is 2.26. The molecular formula is C7H10Cl6N4. The summed E-state index contributed by atoms with van der Waals surface area (Å²) in [7, 11) is 0. The molecule has 0 amide bonds. The Kier molecular flexibility index (Phi) is 7.61. The number of rotatable bonds is 4. The lowest BCUT2D eigenvalue weighted by atomic mass is 10.4. The van der Waals surface area contributed by atoms with E-state index < -0.39 is 7.59 Å². The van der Waals surface area contributed by atoms with Crippen LogP contribution in [0.1, 0.15) is 6.42 Å². The van der Waals surface area contributed by atoms with Gasteiger partial charge in [-0.25, -0.2) is 0 Å². The molecule has 0 radical (unpaired) electrons. The van der Waals surface area contributed by atoms with Crippen molar-refractivity contribution < 1.29 is 0 Å². The molecule has 0 spiro atoms. The second-order valence-electron chi connectivity index (χ2n) is 2.88. The van der Waals surface area contributed by atoms with Crippen molar-refractivity contribution in [2.45, 2.75) is 14.0 Å². The van der Waals surface area contributed by atoms with Gasteiger partial charge in [0.05, 0.1) is 0 Å². The van der Waals surface area contributed by atoms with E-state index in [2.05, 4.69) is 9.98 Å². The van der Waals surface area contributed by atoms with Crippen molar-refractivity contribution in [3.63, 3.8) is 0 Å². The first-order valence-corrected chi connectivity index (χ1v) is 6.56. The first kappa shape index (κ1) is 17.7. The van der Waals surface area contributed by atoms with Crippen LogP contribution in [-0.2, 0) is 0 Å². The molecule has 0 bridgehead atoms. The number of hydrogen-bond acceptors (Lipinski definition) is 2. The van der Waals surface area contributed by atoms with E-state index in [-0.39, 0.29) is 11.7 Å². The van der Waals surface area contributed by atoms with Crippen LogP contribution in [0.3, 0.4) is 0 Å². The average Bonchev–Trinajstić information content (AvgIpc) is 2.13. The van der Waals surface area contributed by atoms with Gasteiger partial charge in [-0.15, -0.1) is 0 Å². The van der Waals surface area contributed by atoms with Gasteiger partial charge in [-0.2, -0.15) is 0 Å². The van der Waals surface area contributed by atoms with E-state index >= 15 is 0 Å². The molecule has 0 saturated heterocycles. The summed E-state index contributed by atoms with van der Waals surface area (Å²) in [6.07, 6.45) is 0.531. The largest absolute Gasteiger partial charge is 0.384 e. The van der Waals surface area contributed by atoms with Gasteiger partial charge in [0.15, 0.2) is 0 Å². The Labute approximate surface area is 129 Å². The van der Waals surface area contributed by atoms with Gasteiger partial charge in [0.25, 0.3) is 0 Å². The Morgan fingerprint density at radius 3 is 1.29 bits per heavy atom. The Bertz CT molecular complexity index is 272. The Morgan fingerprint density at radius 1 is 0.765 bits per heavy atom. The lowest BCUT2D eigenvalue weighted by molar-refractivity contribution is 0.840. The maximum atomic E-state index is 5.48. The molecule has 0 aliphatic carbocycles. The Hall–Kier alpha value is 0.680. The van der Waals surface area contributed by atoms with E-state index in [4.69, 9.17) is 81.1 Å². The Morgan fingerprint density at radius 2 is 1.06 bits per heavy atom. The monoisotopic (exact) mass is 360 g/mol. The summed E-state index contributed by atoms with van der Waals surface area (Å²) in [6, 6.07) is 0. The van der Waals surface area contributed by atoms with Gasteiger partial charge < -0.3 is 11.5 Å². The van der Waals surface area contributed by atoms with Crippen LogP contribution in [0.4, 0.5) is 0 Å². The zero-order valence-electron chi connectivity index (χ0n) is 8.44. The predicted molar refractivity (Wildman–Crippen MR) is 78.2 cm³/mol. The number of hydrogen-bond donors (Lipinski definition) is 2. The fraction of sp³-hybridized carbons (Fsp3) is 0.714. The summed E-state index contributed by atoms with van der Waals surface area (Å²) in [5.74, 6) is -0.165. The smallest absolute Gasteiger partial charge is 0.247 e. The molecule has 0 heterocycles. The van der Waals surface area contributed by atoms with Crippen LogP contribution >= 0.6 is 69.6 Å². The van der Waals surface area contributed by atoms with Gasteiger partial charge in [0, 0.05) is 13.1 Å². The molecular weight excluding hydrogens is 353 g/mol. The van der Waals surface area contributed by atoms with Crippen molar-refractivity contribution in [1.29, 1.82) is 0 Å². The fourth-order valence-corrected chi connectivity index (χ4v) is 1.01. The molecule has 0 aromatic rings. The summed E-state index contributed by atoms with van der Waals surface area (Å²) in [6.45, 7) is 0.659. The number of alkyl halides is 6. The third-order valence-corrected chi connectivity index (χ3v) is 2.62. The maximum absolute atomic E-state index is 5.48. The van der Waals surface area contributed by atoms with Crippen molar-refractivity contribution in [2.24, 2.45) is 21.5 Å². The number of halogens is 6. The van der Waals surface area contributed by atoms with Gasteiger partial charge >= 0.3 is 0 Å². The molecule has 0 aromatic heterocycles. The van der Waals surface area contributed by atoms with Crippen LogP contribution in [0.15, 0.2) is 9.98 Å². The first-order chi connectivity index (χ1) is 7.55. The van der Waals surface area contributed by atoms with Crippen molar-refractivity contribution in [2.75, 3.05) is 13.1 Å². The normalized spacial score (nSPS) is 15.2. The lowest BCUT2D eigenvalue weighted by Crippen LogP contribution is -2.29. The van der Waals surface area contributed by atoms with Crippen LogP contribution in [0.2, 0.25) is 0 Å². The van der Waals surface area contributed by atoms with Gasteiger partial charge in [-0.05, 0) is 6.42 Å². The SMILES string of the molecule is NC(=NCCCN=C(N)C(Cl)(Cl)Cl)C(Cl)(Cl)Cl. The topological polar surface area (TPSA) is 76.8 Å². The van der Waals surface area contributed by atoms with Crippen LogP contribution in [0.5, 0.6) is 0 Å². The minimum atomic E-state index is -1.69. The van der Waals surface area contributed by atoms with E-state index in [0.717, 1.165) is 0 Å². The third kappa shape index (κ3) is 8.41.